The van der Waals surface area contributed by atoms with Crippen LogP contribution in [0.15, 0.2) is 29.6 Å². The number of nitrogens with zero attached hydrogens (tertiary/aromatic N) is 1. The molecule has 2 nitrogen and oxygen atoms in total. The maximum Gasteiger partial charge on any atom is 0.114 e. The average Bonchev–Trinajstić information content (AvgIpc) is 2.81. The second kappa shape index (κ2) is 6.29. The normalized spacial score (nSPS) is 13.7. The fraction of sp³-hybridized carbons (Fsp3) is 0.500. The molecular weight excluding hydrogens is 276 g/mol. The van der Waals surface area contributed by atoms with Gasteiger partial charge in [-0.05, 0) is 37.3 Å². The van der Waals surface area contributed by atoms with Gasteiger partial charge in [0.05, 0.1) is 6.04 Å². The summed E-state index contributed by atoms with van der Waals surface area (Å²) < 4.78 is 0. The fourth-order valence-corrected chi connectivity index (χ4v) is 3.20. The van der Waals surface area contributed by atoms with E-state index >= 15 is 0 Å². The second-order valence-corrected chi connectivity index (χ2v) is 7.84. The van der Waals surface area contributed by atoms with E-state index in [1.54, 1.807) is 11.3 Å². The van der Waals surface area contributed by atoms with Crippen LogP contribution < -0.4 is 5.32 Å². The molecular formula is C18H26N2S. The highest BCUT2D eigenvalue weighted by molar-refractivity contribution is 7.09. The smallest absolute Gasteiger partial charge is 0.114 e. The predicted octanol–water partition coefficient (Wildman–Crippen LogP) is 4.84. The van der Waals surface area contributed by atoms with Crippen LogP contribution in [-0.4, -0.2) is 11.0 Å². The van der Waals surface area contributed by atoms with Crippen LogP contribution in [0.25, 0.3) is 0 Å². The van der Waals surface area contributed by atoms with E-state index in [9.17, 15) is 0 Å². The monoisotopic (exact) mass is 302 g/mol. The van der Waals surface area contributed by atoms with Crippen molar-refractivity contribution < 1.29 is 0 Å². The molecule has 1 atom stereocenters. The van der Waals surface area contributed by atoms with Gasteiger partial charge in [-0.3, -0.25) is 0 Å². The highest BCUT2D eigenvalue weighted by Crippen LogP contribution is 2.28. The third-order valence-corrected chi connectivity index (χ3v) is 4.52. The first-order chi connectivity index (χ1) is 9.77. The first-order valence-corrected chi connectivity index (χ1v) is 8.44. The lowest BCUT2D eigenvalue weighted by Crippen LogP contribution is -2.29. The average molecular weight is 302 g/mol. The van der Waals surface area contributed by atoms with E-state index in [1.807, 2.05) is 0 Å². The van der Waals surface area contributed by atoms with E-state index in [1.165, 1.54) is 11.1 Å². The predicted molar refractivity (Wildman–Crippen MR) is 92.1 cm³/mol. The summed E-state index contributed by atoms with van der Waals surface area (Å²) >= 11 is 1.73. The summed E-state index contributed by atoms with van der Waals surface area (Å²) in [6.07, 6.45) is 0. The van der Waals surface area contributed by atoms with Gasteiger partial charge in [0.15, 0.2) is 0 Å². The van der Waals surface area contributed by atoms with Crippen molar-refractivity contribution >= 4 is 11.3 Å². The molecule has 0 spiro atoms. The van der Waals surface area contributed by atoms with Crippen LogP contribution in [0, 0.1) is 6.92 Å². The van der Waals surface area contributed by atoms with Gasteiger partial charge in [0.1, 0.15) is 5.01 Å². The zero-order valence-electron chi connectivity index (χ0n) is 13.9. The van der Waals surface area contributed by atoms with Gasteiger partial charge in [-0.15, -0.1) is 11.3 Å². The van der Waals surface area contributed by atoms with Crippen molar-refractivity contribution in [2.45, 2.75) is 59.0 Å². The van der Waals surface area contributed by atoms with Crippen LogP contribution in [0.1, 0.15) is 62.5 Å². The van der Waals surface area contributed by atoms with Crippen LogP contribution in [0.4, 0.5) is 0 Å². The van der Waals surface area contributed by atoms with E-state index in [2.05, 4.69) is 81.5 Å². The molecule has 114 valence electrons. The fourth-order valence-electron chi connectivity index (χ4n) is 2.32. The molecule has 2 aromatic rings. The second-order valence-electron chi connectivity index (χ2n) is 6.95. The van der Waals surface area contributed by atoms with Gasteiger partial charge >= 0.3 is 0 Å². The Balaban J connectivity index is 2.33. The Morgan fingerprint density at radius 1 is 1.10 bits per heavy atom. The molecule has 1 unspecified atom stereocenters. The van der Waals surface area contributed by atoms with Gasteiger partial charge in [-0.2, -0.15) is 0 Å². The Morgan fingerprint density at radius 3 is 2.14 bits per heavy atom. The molecule has 0 fully saturated rings. The molecule has 3 heteroatoms. The van der Waals surface area contributed by atoms with Crippen LogP contribution in [0.2, 0.25) is 0 Å². The SMILES string of the molecule is Cc1csc(C(NC(C)C)c2ccc(C(C)(C)C)cc2)n1. The lowest BCUT2D eigenvalue weighted by Gasteiger charge is -2.23. The maximum atomic E-state index is 4.67. The Morgan fingerprint density at radius 2 is 1.71 bits per heavy atom. The van der Waals surface area contributed by atoms with Crippen molar-refractivity contribution in [1.29, 1.82) is 0 Å². The highest BCUT2D eigenvalue weighted by Gasteiger charge is 2.19. The summed E-state index contributed by atoms with van der Waals surface area (Å²) in [5.41, 5.74) is 3.94. The van der Waals surface area contributed by atoms with Crippen molar-refractivity contribution in [3.8, 4) is 0 Å². The number of hydrogen-bond acceptors (Lipinski definition) is 3. The van der Waals surface area contributed by atoms with Gasteiger partial charge in [0.25, 0.3) is 0 Å². The molecule has 1 aromatic heterocycles. The van der Waals surface area contributed by atoms with E-state index in [0.717, 1.165) is 10.7 Å². The van der Waals surface area contributed by atoms with Crippen LogP contribution in [0.5, 0.6) is 0 Å². The van der Waals surface area contributed by atoms with Crippen LogP contribution in [-0.2, 0) is 5.41 Å². The molecule has 0 saturated carbocycles. The number of rotatable bonds is 4. The molecule has 21 heavy (non-hydrogen) atoms. The minimum Gasteiger partial charge on any atom is -0.302 e. The number of thiazole rings is 1. The third kappa shape index (κ3) is 4.14. The van der Waals surface area contributed by atoms with Crippen molar-refractivity contribution in [3.05, 3.63) is 51.5 Å². The molecule has 1 N–H and O–H groups in total. The van der Waals surface area contributed by atoms with E-state index in [-0.39, 0.29) is 11.5 Å². The summed E-state index contributed by atoms with van der Waals surface area (Å²) in [5.74, 6) is 0. The molecule has 0 bridgehead atoms. The zero-order valence-corrected chi connectivity index (χ0v) is 14.7. The molecule has 0 aliphatic carbocycles. The lowest BCUT2D eigenvalue weighted by molar-refractivity contribution is 0.525. The maximum absolute atomic E-state index is 4.67. The Kier molecular flexibility index (Phi) is 4.84. The third-order valence-electron chi connectivity index (χ3n) is 3.49. The number of benzene rings is 1. The summed E-state index contributed by atoms with van der Waals surface area (Å²) in [6.45, 7) is 13.1. The summed E-state index contributed by atoms with van der Waals surface area (Å²) in [4.78, 5) is 4.67. The van der Waals surface area contributed by atoms with E-state index in [4.69, 9.17) is 0 Å². The van der Waals surface area contributed by atoms with Gasteiger partial charge in [-0.1, -0.05) is 45.0 Å². The summed E-state index contributed by atoms with van der Waals surface area (Å²) in [7, 11) is 0. The molecule has 0 aliphatic heterocycles. The molecule has 0 aliphatic rings. The summed E-state index contributed by atoms with van der Waals surface area (Å²) in [5, 5.41) is 6.89. The van der Waals surface area contributed by atoms with Gasteiger partial charge in [-0.25, -0.2) is 4.98 Å². The topological polar surface area (TPSA) is 24.9 Å². The van der Waals surface area contributed by atoms with Crippen LogP contribution in [0.3, 0.4) is 0 Å². The zero-order chi connectivity index (χ0) is 15.6. The van der Waals surface area contributed by atoms with Crippen molar-refractivity contribution in [1.82, 2.24) is 10.3 Å². The number of aryl methyl sites for hydroxylation is 1. The number of nitrogens with one attached hydrogen (secondary N) is 1. The number of aromatic nitrogens is 1. The van der Waals surface area contributed by atoms with Crippen molar-refractivity contribution in [2.24, 2.45) is 0 Å². The molecule has 1 aromatic carbocycles. The van der Waals surface area contributed by atoms with Crippen molar-refractivity contribution in [2.75, 3.05) is 0 Å². The van der Waals surface area contributed by atoms with Crippen LogP contribution >= 0.6 is 11.3 Å². The lowest BCUT2D eigenvalue weighted by atomic mass is 9.86. The highest BCUT2D eigenvalue weighted by atomic mass is 32.1. The van der Waals surface area contributed by atoms with Crippen molar-refractivity contribution in [3.63, 3.8) is 0 Å². The molecule has 0 amide bonds. The summed E-state index contributed by atoms with van der Waals surface area (Å²) in [6, 6.07) is 9.55. The molecule has 1 heterocycles. The minimum atomic E-state index is 0.178. The first-order valence-electron chi connectivity index (χ1n) is 7.56. The van der Waals surface area contributed by atoms with Gasteiger partial charge < -0.3 is 5.32 Å². The van der Waals surface area contributed by atoms with E-state index < -0.39 is 0 Å². The largest absolute Gasteiger partial charge is 0.302 e. The Bertz CT molecular complexity index is 576. The molecule has 0 radical (unpaired) electrons. The number of hydrogen-bond donors (Lipinski definition) is 1. The van der Waals surface area contributed by atoms with E-state index in [0.29, 0.717) is 6.04 Å². The Labute approximate surface area is 132 Å². The quantitative estimate of drug-likeness (QED) is 0.874. The minimum absolute atomic E-state index is 0.178. The standard InChI is InChI=1S/C18H26N2S/c1-12(2)19-16(17-20-13(3)11-21-17)14-7-9-15(10-8-14)18(4,5)6/h7-12,16,19H,1-6H3. The molecule has 2 rings (SSSR count). The first kappa shape index (κ1) is 16.2. The van der Waals surface area contributed by atoms with Gasteiger partial charge in [0, 0.05) is 17.1 Å². The van der Waals surface area contributed by atoms with Gasteiger partial charge in [0.2, 0.25) is 0 Å². The Hall–Kier alpha value is -1.19. The molecule has 0 saturated heterocycles.